The van der Waals surface area contributed by atoms with E-state index in [1.807, 2.05) is 23.1 Å². The van der Waals surface area contributed by atoms with Crippen molar-refractivity contribution >= 4 is 28.3 Å². The molecule has 3 heterocycles. The van der Waals surface area contributed by atoms with Crippen molar-refractivity contribution in [3.05, 3.63) is 40.9 Å². The second-order valence-corrected chi connectivity index (χ2v) is 9.10. The largest absolute Gasteiger partial charge is 0.342 e. The Morgan fingerprint density at radius 2 is 2.00 bits per heavy atom. The van der Waals surface area contributed by atoms with Gasteiger partial charge < -0.3 is 4.90 Å². The quantitative estimate of drug-likeness (QED) is 0.815. The Bertz CT molecular complexity index is 877. The Labute approximate surface area is 162 Å². The molecule has 0 N–H and O–H groups in total. The van der Waals surface area contributed by atoms with Crippen LogP contribution in [0.1, 0.15) is 36.3 Å². The Morgan fingerprint density at radius 1 is 1.19 bits per heavy atom. The van der Waals surface area contributed by atoms with Crippen LogP contribution in [-0.4, -0.2) is 46.5 Å². The van der Waals surface area contributed by atoms with Gasteiger partial charge in [0.1, 0.15) is 5.01 Å². The number of nitrogens with zero attached hydrogens (tertiary/aromatic N) is 4. The maximum absolute atomic E-state index is 12.8. The van der Waals surface area contributed by atoms with Crippen molar-refractivity contribution in [1.82, 2.24) is 15.1 Å². The van der Waals surface area contributed by atoms with Crippen molar-refractivity contribution in [1.29, 1.82) is 0 Å². The van der Waals surface area contributed by atoms with Crippen molar-refractivity contribution in [2.24, 2.45) is 11.3 Å². The minimum atomic E-state index is -0.243. The summed E-state index contributed by atoms with van der Waals surface area (Å²) in [5.74, 6) is -0.118. The summed E-state index contributed by atoms with van der Waals surface area (Å²) >= 11 is 1.44. The maximum atomic E-state index is 12.8. The maximum Gasteiger partial charge on any atom is 0.229 e. The number of benzene rings is 1. The second-order valence-electron chi connectivity index (χ2n) is 8.06. The molecule has 2 saturated heterocycles. The van der Waals surface area contributed by atoms with Gasteiger partial charge in [0, 0.05) is 32.5 Å². The standard InChI is InChI=1S/C20H22N4O2S/c25-17-11-15(18(26)23-9-8-20(13-23)6-7-20)12-24(17)19-22-21-16(27-19)10-14-4-2-1-3-5-14/h1-5,15H,6-13H2. The lowest BCUT2D eigenvalue weighted by Gasteiger charge is -2.20. The Morgan fingerprint density at radius 3 is 2.74 bits per heavy atom. The molecule has 2 aromatic rings. The lowest BCUT2D eigenvalue weighted by molar-refractivity contribution is -0.135. The highest BCUT2D eigenvalue weighted by atomic mass is 32.1. The topological polar surface area (TPSA) is 66.4 Å². The van der Waals surface area contributed by atoms with Gasteiger partial charge in [0.25, 0.3) is 0 Å². The molecule has 1 spiro atoms. The highest BCUT2D eigenvalue weighted by molar-refractivity contribution is 7.15. The van der Waals surface area contributed by atoms with Crippen LogP contribution in [0.15, 0.2) is 30.3 Å². The molecule has 1 unspecified atom stereocenters. The third-order valence-corrected chi connectivity index (χ3v) is 7.01. The third kappa shape index (κ3) is 3.25. The van der Waals surface area contributed by atoms with Crippen LogP contribution >= 0.6 is 11.3 Å². The number of amides is 2. The van der Waals surface area contributed by atoms with E-state index in [2.05, 4.69) is 22.3 Å². The fourth-order valence-electron chi connectivity index (χ4n) is 4.22. The summed E-state index contributed by atoms with van der Waals surface area (Å²) in [4.78, 5) is 29.0. The minimum absolute atomic E-state index is 0.0175. The Balaban J connectivity index is 1.25. The van der Waals surface area contributed by atoms with Crippen molar-refractivity contribution in [3.8, 4) is 0 Å². The number of hydrogen-bond donors (Lipinski definition) is 0. The van der Waals surface area contributed by atoms with Gasteiger partial charge in [-0.05, 0) is 30.2 Å². The van der Waals surface area contributed by atoms with E-state index in [4.69, 9.17) is 0 Å². The van der Waals surface area contributed by atoms with Gasteiger partial charge in [0.15, 0.2) is 0 Å². The number of likely N-dealkylation sites (tertiary alicyclic amines) is 1. The van der Waals surface area contributed by atoms with Crippen LogP contribution in [0.5, 0.6) is 0 Å². The zero-order valence-corrected chi connectivity index (χ0v) is 16.0. The molecule has 140 valence electrons. The summed E-state index contributed by atoms with van der Waals surface area (Å²) < 4.78 is 0. The average Bonchev–Trinajstić information content (AvgIpc) is 3.02. The molecule has 0 bridgehead atoms. The summed E-state index contributed by atoms with van der Waals surface area (Å²) in [6.45, 7) is 2.17. The highest BCUT2D eigenvalue weighted by Gasteiger charge is 2.50. The normalized spacial score (nSPS) is 23.4. The van der Waals surface area contributed by atoms with Crippen LogP contribution in [0.25, 0.3) is 0 Å². The summed E-state index contributed by atoms with van der Waals surface area (Å²) in [5, 5.41) is 9.96. The molecule has 1 aromatic heterocycles. The molecule has 1 saturated carbocycles. The zero-order chi connectivity index (χ0) is 18.4. The number of anilines is 1. The van der Waals surface area contributed by atoms with Gasteiger partial charge in [0.2, 0.25) is 16.9 Å². The Kier molecular flexibility index (Phi) is 4.00. The molecule has 2 aliphatic heterocycles. The van der Waals surface area contributed by atoms with E-state index in [0.29, 0.717) is 23.5 Å². The monoisotopic (exact) mass is 382 g/mol. The highest BCUT2D eigenvalue weighted by Crippen LogP contribution is 2.52. The van der Waals surface area contributed by atoms with Gasteiger partial charge in [0.05, 0.1) is 5.92 Å². The van der Waals surface area contributed by atoms with Gasteiger partial charge in [-0.3, -0.25) is 14.5 Å². The smallest absolute Gasteiger partial charge is 0.229 e. The molecule has 1 aromatic carbocycles. The molecule has 7 heteroatoms. The van der Waals surface area contributed by atoms with Gasteiger partial charge >= 0.3 is 0 Å². The van der Waals surface area contributed by atoms with Crippen molar-refractivity contribution in [2.75, 3.05) is 24.5 Å². The molecule has 2 amide bonds. The number of hydrogen-bond acceptors (Lipinski definition) is 5. The molecule has 5 rings (SSSR count). The fourth-order valence-corrected chi connectivity index (χ4v) is 5.12. The van der Waals surface area contributed by atoms with E-state index in [9.17, 15) is 9.59 Å². The predicted octanol–water partition coefficient (Wildman–Crippen LogP) is 2.49. The predicted molar refractivity (Wildman–Crippen MR) is 102 cm³/mol. The van der Waals surface area contributed by atoms with E-state index >= 15 is 0 Å². The van der Waals surface area contributed by atoms with E-state index < -0.39 is 0 Å². The van der Waals surface area contributed by atoms with E-state index in [-0.39, 0.29) is 24.2 Å². The van der Waals surface area contributed by atoms with Crippen LogP contribution in [-0.2, 0) is 16.0 Å². The SMILES string of the molecule is O=C(C1CC(=O)N(c2nnc(Cc3ccccc3)s2)C1)N1CCC2(CC2)C1. The van der Waals surface area contributed by atoms with Crippen molar-refractivity contribution in [3.63, 3.8) is 0 Å². The molecular formula is C20H22N4O2S. The van der Waals surface area contributed by atoms with Crippen LogP contribution in [0.3, 0.4) is 0 Å². The number of carbonyl (C=O) groups excluding carboxylic acids is 2. The third-order valence-electron chi connectivity index (χ3n) is 6.07. The second kappa shape index (κ2) is 6.41. The van der Waals surface area contributed by atoms with Gasteiger partial charge in [-0.15, -0.1) is 10.2 Å². The van der Waals surface area contributed by atoms with E-state index in [1.54, 1.807) is 4.90 Å². The van der Waals surface area contributed by atoms with Crippen LogP contribution in [0.4, 0.5) is 5.13 Å². The molecule has 1 atom stereocenters. The van der Waals surface area contributed by atoms with E-state index in [0.717, 1.165) is 24.5 Å². The first-order valence-corrected chi connectivity index (χ1v) is 10.4. The molecule has 0 radical (unpaired) electrons. The number of rotatable bonds is 4. The molecule has 6 nitrogen and oxygen atoms in total. The van der Waals surface area contributed by atoms with Crippen molar-refractivity contribution in [2.45, 2.75) is 32.1 Å². The fraction of sp³-hybridized carbons (Fsp3) is 0.500. The first kappa shape index (κ1) is 16.9. The summed E-state index contributed by atoms with van der Waals surface area (Å²) in [5.41, 5.74) is 1.59. The summed E-state index contributed by atoms with van der Waals surface area (Å²) in [7, 11) is 0. The van der Waals surface area contributed by atoms with Crippen LogP contribution < -0.4 is 4.90 Å². The van der Waals surface area contributed by atoms with Crippen molar-refractivity contribution < 1.29 is 9.59 Å². The van der Waals surface area contributed by atoms with Crippen LogP contribution in [0.2, 0.25) is 0 Å². The zero-order valence-electron chi connectivity index (χ0n) is 15.1. The lowest BCUT2D eigenvalue weighted by Crippen LogP contribution is -2.36. The van der Waals surface area contributed by atoms with E-state index in [1.165, 1.54) is 29.7 Å². The number of aromatic nitrogens is 2. The summed E-state index contributed by atoms with van der Waals surface area (Å²) in [6.07, 6.45) is 4.63. The molecule has 27 heavy (non-hydrogen) atoms. The van der Waals surface area contributed by atoms with Gasteiger partial charge in [-0.1, -0.05) is 41.7 Å². The van der Waals surface area contributed by atoms with Gasteiger partial charge in [-0.25, -0.2) is 0 Å². The lowest BCUT2D eigenvalue weighted by atomic mass is 10.1. The molecule has 3 aliphatic rings. The first-order valence-electron chi connectivity index (χ1n) is 9.57. The molecular weight excluding hydrogens is 360 g/mol. The number of carbonyl (C=O) groups is 2. The average molecular weight is 382 g/mol. The first-order chi connectivity index (χ1) is 13.1. The summed E-state index contributed by atoms with van der Waals surface area (Å²) in [6, 6.07) is 10.1. The Hall–Kier alpha value is -2.28. The molecule has 3 fully saturated rings. The minimum Gasteiger partial charge on any atom is -0.342 e. The molecule has 1 aliphatic carbocycles. The van der Waals surface area contributed by atoms with Crippen LogP contribution in [0, 0.1) is 11.3 Å². The van der Waals surface area contributed by atoms with Gasteiger partial charge in [-0.2, -0.15) is 0 Å².